The summed E-state index contributed by atoms with van der Waals surface area (Å²) in [6.45, 7) is 2.24. The molecule has 0 spiro atoms. The average molecular weight is 278 g/mol. The van der Waals surface area contributed by atoms with Gasteiger partial charge in [0.05, 0.1) is 11.8 Å². The molecule has 0 amide bonds. The Morgan fingerprint density at radius 1 is 1.55 bits per heavy atom. The number of rotatable bonds is 3. The first-order valence-electron chi connectivity index (χ1n) is 6.21. The van der Waals surface area contributed by atoms with Crippen molar-refractivity contribution in [2.45, 2.75) is 25.5 Å². The van der Waals surface area contributed by atoms with Gasteiger partial charge in [0, 0.05) is 20.1 Å². The SMILES string of the molecule is COC1CC(C(=O)O)N(c2ncnc3onc(C)c23)C1. The first kappa shape index (κ1) is 12.8. The van der Waals surface area contributed by atoms with Gasteiger partial charge in [-0.1, -0.05) is 5.16 Å². The molecule has 0 saturated carbocycles. The van der Waals surface area contributed by atoms with E-state index in [0.717, 1.165) is 0 Å². The quantitative estimate of drug-likeness (QED) is 0.871. The summed E-state index contributed by atoms with van der Waals surface area (Å²) < 4.78 is 10.4. The van der Waals surface area contributed by atoms with Gasteiger partial charge < -0.3 is 19.3 Å². The largest absolute Gasteiger partial charge is 0.480 e. The van der Waals surface area contributed by atoms with Crippen LogP contribution in [0.15, 0.2) is 10.9 Å². The number of fused-ring (bicyclic) bond motifs is 1. The molecule has 3 rings (SSSR count). The number of hydrogen-bond donors (Lipinski definition) is 1. The third-order valence-corrected chi connectivity index (χ3v) is 3.58. The average Bonchev–Trinajstić information content (AvgIpc) is 3.03. The molecule has 3 heterocycles. The minimum absolute atomic E-state index is 0.138. The van der Waals surface area contributed by atoms with Crippen molar-refractivity contribution >= 4 is 22.9 Å². The lowest BCUT2D eigenvalue weighted by Crippen LogP contribution is -2.36. The van der Waals surface area contributed by atoms with Crippen molar-refractivity contribution in [1.29, 1.82) is 0 Å². The number of hydrogen-bond acceptors (Lipinski definition) is 7. The summed E-state index contributed by atoms with van der Waals surface area (Å²) in [7, 11) is 1.58. The predicted octanol–water partition coefficient (Wildman–Crippen LogP) is 0.605. The Kier molecular flexibility index (Phi) is 3.01. The van der Waals surface area contributed by atoms with Crippen molar-refractivity contribution in [2.75, 3.05) is 18.6 Å². The summed E-state index contributed by atoms with van der Waals surface area (Å²) in [6.07, 6.45) is 1.63. The summed E-state index contributed by atoms with van der Waals surface area (Å²) in [5.74, 6) is -0.369. The van der Waals surface area contributed by atoms with E-state index in [-0.39, 0.29) is 6.10 Å². The first-order chi connectivity index (χ1) is 9.61. The first-order valence-corrected chi connectivity index (χ1v) is 6.21. The molecule has 1 N–H and O–H groups in total. The summed E-state index contributed by atoms with van der Waals surface area (Å²) in [6, 6.07) is -0.674. The van der Waals surface area contributed by atoms with Crippen molar-refractivity contribution in [2.24, 2.45) is 0 Å². The van der Waals surface area contributed by atoms with Gasteiger partial charge in [0.25, 0.3) is 5.71 Å². The number of aliphatic carboxylic acids is 1. The van der Waals surface area contributed by atoms with Crippen LogP contribution in [0.1, 0.15) is 12.1 Å². The second-order valence-electron chi connectivity index (χ2n) is 4.75. The van der Waals surface area contributed by atoms with E-state index < -0.39 is 12.0 Å². The minimum Gasteiger partial charge on any atom is -0.480 e. The topological polar surface area (TPSA) is 102 Å². The highest BCUT2D eigenvalue weighted by Gasteiger charge is 2.39. The van der Waals surface area contributed by atoms with Gasteiger partial charge in [0.2, 0.25) is 0 Å². The number of methoxy groups -OCH3 is 1. The Morgan fingerprint density at radius 2 is 2.35 bits per heavy atom. The van der Waals surface area contributed by atoms with Crippen LogP contribution < -0.4 is 4.90 Å². The van der Waals surface area contributed by atoms with Crippen molar-refractivity contribution in [3.8, 4) is 0 Å². The fourth-order valence-corrected chi connectivity index (χ4v) is 2.56. The highest BCUT2D eigenvalue weighted by molar-refractivity contribution is 5.90. The lowest BCUT2D eigenvalue weighted by Gasteiger charge is -2.22. The van der Waals surface area contributed by atoms with E-state index in [9.17, 15) is 9.90 Å². The fraction of sp³-hybridized carbons (Fsp3) is 0.500. The number of nitrogens with zero attached hydrogens (tertiary/aromatic N) is 4. The van der Waals surface area contributed by atoms with Crippen molar-refractivity contribution < 1.29 is 19.2 Å². The van der Waals surface area contributed by atoms with Crippen LogP contribution in [0.3, 0.4) is 0 Å². The number of carboxylic acids is 1. The van der Waals surface area contributed by atoms with Gasteiger partial charge in [-0.05, 0) is 6.92 Å². The Hall–Kier alpha value is -2.22. The summed E-state index contributed by atoms with van der Waals surface area (Å²) in [5.41, 5.74) is 0.998. The van der Waals surface area contributed by atoms with Crippen molar-refractivity contribution in [3.63, 3.8) is 0 Å². The fourth-order valence-electron chi connectivity index (χ4n) is 2.56. The monoisotopic (exact) mass is 278 g/mol. The number of carbonyl (C=O) groups is 1. The highest BCUT2D eigenvalue weighted by atomic mass is 16.5. The Bertz CT molecular complexity index is 656. The van der Waals surface area contributed by atoms with Gasteiger partial charge in [0.1, 0.15) is 23.6 Å². The van der Waals surface area contributed by atoms with Gasteiger partial charge in [-0.2, -0.15) is 4.98 Å². The molecule has 0 aromatic carbocycles. The molecule has 2 aromatic rings. The van der Waals surface area contributed by atoms with E-state index in [4.69, 9.17) is 9.26 Å². The second kappa shape index (κ2) is 4.71. The third kappa shape index (κ3) is 1.88. The summed E-state index contributed by atoms with van der Waals surface area (Å²) >= 11 is 0. The Morgan fingerprint density at radius 3 is 3.05 bits per heavy atom. The normalized spacial score (nSPS) is 22.6. The predicted molar refractivity (Wildman–Crippen MR) is 68.5 cm³/mol. The number of aromatic nitrogens is 3. The smallest absolute Gasteiger partial charge is 0.326 e. The van der Waals surface area contributed by atoms with E-state index in [0.29, 0.717) is 35.6 Å². The van der Waals surface area contributed by atoms with Crippen LogP contribution in [0.25, 0.3) is 11.1 Å². The van der Waals surface area contributed by atoms with Crippen LogP contribution in [-0.2, 0) is 9.53 Å². The molecule has 1 saturated heterocycles. The molecule has 0 radical (unpaired) electrons. The molecule has 1 aliphatic heterocycles. The van der Waals surface area contributed by atoms with E-state index in [2.05, 4.69) is 15.1 Å². The van der Waals surface area contributed by atoms with E-state index in [1.807, 2.05) is 0 Å². The van der Waals surface area contributed by atoms with E-state index >= 15 is 0 Å². The molecular weight excluding hydrogens is 264 g/mol. The van der Waals surface area contributed by atoms with Gasteiger partial charge in [-0.3, -0.25) is 0 Å². The molecule has 20 heavy (non-hydrogen) atoms. The second-order valence-corrected chi connectivity index (χ2v) is 4.75. The molecule has 1 fully saturated rings. The molecule has 8 nitrogen and oxygen atoms in total. The van der Waals surface area contributed by atoms with Crippen molar-refractivity contribution in [1.82, 2.24) is 15.1 Å². The van der Waals surface area contributed by atoms with Crippen LogP contribution in [0, 0.1) is 6.92 Å². The lowest BCUT2D eigenvalue weighted by atomic mass is 10.2. The minimum atomic E-state index is -0.898. The molecule has 0 bridgehead atoms. The number of carboxylic acid groups (broad SMARTS) is 1. The standard InChI is InChI=1S/C12H14N4O4/c1-6-9-10(13-5-14-11(9)20-15-6)16-4-7(19-2)3-8(16)12(17)18/h5,7-8H,3-4H2,1-2H3,(H,17,18). The number of ether oxygens (including phenoxy) is 1. The Labute approximate surface area is 114 Å². The van der Waals surface area contributed by atoms with Gasteiger partial charge in [-0.15, -0.1) is 0 Å². The van der Waals surface area contributed by atoms with Gasteiger partial charge >= 0.3 is 5.97 Å². The molecule has 2 aromatic heterocycles. The molecule has 2 unspecified atom stereocenters. The lowest BCUT2D eigenvalue weighted by molar-refractivity contribution is -0.138. The van der Waals surface area contributed by atoms with Crippen LogP contribution in [-0.4, -0.2) is 52.0 Å². The van der Waals surface area contributed by atoms with Gasteiger partial charge in [-0.25, -0.2) is 9.78 Å². The summed E-state index contributed by atoms with van der Waals surface area (Å²) in [5, 5.41) is 13.9. The van der Waals surface area contributed by atoms with Crippen molar-refractivity contribution in [3.05, 3.63) is 12.0 Å². The number of anilines is 1. The maximum absolute atomic E-state index is 11.4. The number of aryl methyl sites for hydroxylation is 1. The highest BCUT2D eigenvalue weighted by Crippen LogP contribution is 2.32. The maximum atomic E-state index is 11.4. The van der Waals surface area contributed by atoms with Crippen LogP contribution in [0.5, 0.6) is 0 Å². The van der Waals surface area contributed by atoms with Gasteiger partial charge in [0.15, 0.2) is 0 Å². The third-order valence-electron chi connectivity index (χ3n) is 3.58. The van der Waals surface area contributed by atoms with E-state index in [1.54, 1.807) is 18.9 Å². The molecule has 106 valence electrons. The zero-order valence-corrected chi connectivity index (χ0v) is 11.1. The molecule has 8 heteroatoms. The molecule has 0 aliphatic carbocycles. The molecule has 1 aliphatic rings. The summed E-state index contributed by atoms with van der Waals surface area (Å²) in [4.78, 5) is 21.4. The molecular formula is C12H14N4O4. The Balaban J connectivity index is 2.09. The van der Waals surface area contributed by atoms with Crippen LogP contribution in [0.4, 0.5) is 5.82 Å². The van der Waals surface area contributed by atoms with Crippen LogP contribution in [0.2, 0.25) is 0 Å². The zero-order chi connectivity index (χ0) is 14.3. The maximum Gasteiger partial charge on any atom is 0.326 e. The van der Waals surface area contributed by atoms with E-state index in [1.165, 1.54) is 6.33 Å². The van der Waals surface area contributed by atoms with Crippen LogP contribution >= 0.6 is 0 Å². The zero-order valence-electron chi connectivity index (χ0n) is 11.1. The molecule has 2 atom stereocenters.